The third kappa shape index (κ3) is 5.44. The minimum Gasteiger partial charge on any atom is -0.379 e. The molecule has 18 heavy (non-hydrogen) atoms. The van der Waals surface area contributed by atoms with Crippen LogP contribution in [0, 0.1) is 13.8 Å². The van der Waals surface area contributed by atoms with E-state index in [0.29, 0.717) is 6.04 Å². The third-order valence-electron chi connectivity index (χ3n) is 2.71. The summed E-state index contributed by atoms with van der Waals surface area (Å²) in [6, 6.07) is 0.355. The molecule has 104 valence electrons. The molecule has 1 heterocycles. The van der Waals surface area contributed by atoms with Crippen molar-refractivity contribution < 1.29 is 4.74 Å². The van der Waals surface area contributed by atoms with E-state index in [0.717, 1.165) is 37.0 Å². The summed E-state index contributed by atoms with van der Waals surface area (Å²) in [7, 11) is 4.11. The molecule has 0 fully saturated rings. The Morgan fingerprint density at radius 3 is 2.61 bits per heavy atom. The largest absolute Gasteiger partial charge is 0.379 e. The summed E-state index contributed by atoms with van der Waals surface area (Å²) in [6.45, 7) is 9.72. The Bertz CT molecular complexity index is 352. The van der Waals surface area contributed by atoms with Crippen molar-refractivity contribution in [2.75, 3.05) is 40.4 Å². The summed E-state index contributed by atoms with van der Waals surface area (Å²) in [6.07, 6.45) is 0. The number of hydrogen-bond donors (Lipinski definition) is 1. The fourth-order valence-electron chi connectivity index (χ4n) is 1.74. The van der Waals surface area contributed by atoms with Crippen molar-refractivity contribution in [3.8, 4) is 0 Å². The van der Waals surface area contributed by atoms with Crippen LogP contribution in [0.15, 0.2) is 0 Å². The predicted octanol–water partition coefficient (Wildman–Crippen LogP) is 1.99. The molecule has 1 unspecified atom stereocenters. The van der Waals surface area contributed by atoms with Gasteiger partial charge in [0.05, 0.1) is 23.9 Å². The Morgan fingerprint density at radius 1 is 1.33 bits per heavy atom. The van der Waals surface area contributed by atoms with E-state index in [1.165, 1.54) is 4.88 Å². The first-order valence-electron chi connectivity index (χ1n) is 6.40. The molecule has 0 aliphatic carbocycles. The number of aryl methyl sites for hydroxylation is 2. The van der Waals surface area contributed by atoms with Crippen molar-refractivity contribution in [2.24, 2.45) is 0 Å². The van der Waals surface area contributed by atoms with Crippen LogP contribution in [0.2, 0.25) is 0 Å². The molecule has 0 radical (unpaired) electrons. The molecular formula is C13H25N3OS. The summed E-state index contributed by atoms with van der Waals surface area (Å²) < 4.78 is 5.55. The van der Waals surface area contributed by atoms with Gasteiger partial charge < -0.3 is 15.0 Å². The standard InChI is InChI=1S/C13H25N3OS/c1-10(13-11(2)15-12(3)18-13)14-6-8-17-9-7-16(4)5/h10,14H,6-9H2,1-5H3. The monoisotopic (exact) mass is 271 g/mol. The van der Waals surface area contributed by atoms with E-state index in [1.807, 2.05) is 0 Å². The molecule has 4 nitrogen and oxygen atoms in total. The normalized spacial score (nSPS) is 13.2. The number of thiazole rings is 1. The van der Waals surface area contributed by atoms with Crippen molar-refractivity contribution in [2.45, 2.75) is 26.8 Å². The number of ether oxygens (including phenoxy) is 1. The molecule has 0 saturated heterocycles. The zero-order valence-corrected chi connectivity index (χ0v) is 12.9. The van der Waals surface area contributed by atoms with Gasteiger partial charge in [-0.3, -0.25) is 0 Å². The van der Waals surface area contributed by atoms with E-state index in [4.69, 9.17) is 4.74 Å². The summed E-state index contributed by atoms with van der Waals surface area (Å²) in [5, 5.41) is 4.61. The Morgan fingerprint density at radius 2 is 2.06 bits per heavy atom. The average Bonchev–Trinajstić information content (AvgIpc) is 2.62. The molecule has 0 aromatic carbocycles. The van der Waals surface area contributed by atoms with E-state index >= 15 is 0 Å². The molecule has 1 N–H and O–H groups in total. The molecule has 1 atom stereocenters. The fraction of sp³-hybridized carbons (Fsp3) is 0.769. The highest BCUT2D eigenvalue weighted by molar-refractivity contribution is 7.11. The van der Waals surface area contributed by atoms with Gasteiger partial charge in [-0.1, -0.05) is 0 Å². The van der Waals surface area contributed by atoms with Crippen LogP contribution >= 0.6 is 11.3 Å². The molecule has 5 heteroatoms. The number of hydrogen-bond acceptors (Lipinski definition) is 5. The lowest BCUT2D eigenvalue weighted by molar-refractivity contribution is 0.118. The van der Waals surface area contributed by atoms with Gasteiger partial charge in [0.1, 0.15) is 0 Å². The number of nitrogens with one attached hydrogen (secondary N) is 1. The lowest BCUT2D eigenvalue weighted by Gasteiger charge is -2.14. The van der Waals surface area contributed by atoms with Crippen LogP contribution in [0.25, 0.3) is 0 Å². The second kappa shape index (κ2) is 7.84. The van der Waals surface area contributed by atoms with Gasteiger partial charge in [-0.2, -0.15) is 0 Å². The number of likely N-dealkylation sites (N-methyl/N-ethyl adjacent to an activating group) is 1. The lowest BCUT2D eigenvalue weighted by Crippen LogP contribution is -2.25. The van der Waals surface area contributed by atoms with Crippen molar-refractivity contribution in [1.29, 1.82) is 0 Å². The first kappa shape index (κ1) is 15.6. The zero-order valence-electron chi connectivity index (χ0n) is 12.1. The highest BCUT2D eigenvalue weighted by atomic mass is 32.1. The molecule has 1 aromatic rings. The van der Waals surface area contributed by atoms with Gasteiger partial charge in [-0.25, -0.2) is 4.98 Å². The molecule has 1 aromatic heterocycles. The molecular weight excluding hydrogens is 246 g/mol. The van der Waals surface area contributed by atoms with Crippen molar-refractivity contribution in [1.82, 2.24) is 15.2 Å². The van der Waals surface area contributed by atoms with Gasteiger partial charge in [0, 0.05) is 24.0 Å². The molecule has 0 spiro atoms. The van der Waals surface area contributed by atoms with Gasteiger partial charge >= 0.3 is 0 Å². The Kier molecular flexibility index (Phi) is 6.78. The number of rotatable bonds is 8. The maximum absolute atomic E-state index is 5.55. The summed E-state index contributed by atoms with van der Waals surface area (Å²) in [4.78, 5) is 7.91. The van der Waals surface area contributed by atoms with Crippen LogP contribution in [0.4, 0.5) is 0 Å². The topological polar surface area (TPSA) is 37.4 Å². The summed E-state index contributed by atoms with van der Waals surface area (Å²) in [5.41, 5.74) is 1.14. The van der Waals surface area contributed by atoms with Crippen LogP contribution in [-0.2, 0) is 4.74 Å². The Hall–Kier alpha value is -0.490. The minimum atomic E-state index is 0.355. The summed E-state index contributed by atoms with van der Waals surface area (Å²) >= 11 is 1.77. The fourth-order valence-corrected chi connectivity index (χ4v) is 2.69. The molecule has 0 aliphatic heterocycles. The van der Waals surface area contributed by atoms with E-state index in [1.54, 1.807) is 11.3 Å². The molecule has 0 bridgehead atoms. The van der Waals surface area contributed by atoms with Crippen molar-refractivity contribution in [3.63, 3.8) is 0 Å². The first-order chi connectivity index (χ1) is 8.50. The van der Waals surface area contributed by atoms with Crippen molar-refractivity contribution in [3.05, 3.63) is 15.6 Å². The smallest absolute Gasteiger partial charge is 0.0900 e. The van der Waals surface area contributed by atoms with Gasteiger partial charge in [0.25, 0.3) is 0 Å². The zero-order chi connectivity index (χ0) is 13.5. The van der Waals surface area contributed by atoms with Gasteiger partial charge in [0.15, 0.2) is 0 Å². The van der Waals surface area contributed by atoms with Gasteiger partial charge in [-0.05, 0) is 34.9 Å². The highest BCUT2D eigenvalue weighted by Crippen LogP contribution is 2.23. The second-order valence-corrected chi connectivity index (χ2v) is 6.01. The Labute approximate surface area is 114 Å². The molecule has 0 amide bonds. The van der Waals surface area contributed by atoms with Crippen LogP contribution in [0.5, 0.6) is 0 Å². The first-order valence-corrected chi connectivity index (χ1v) is 7.22. The summed E-state index contributed by atoms with van der Waals surface area (Å²) in [5.74, 6) is 0. The van der Waals surface area contributed by atoms with Gasteiger partial charge in [-0.15, -0.1) is 11.3 Å². The van der Waals surface area contributed by atoms with Crippen LogP contribution in [-0.4, -0.2) is 50.3 Å². The molecule has 0 aliphatic rings. The van der Waals surface area contributed by atoms with Crippen molar-refractivity contribution >= 4 is 11.3 Å². The lowest BCUT2D eigenvalue weighted by atomic mass is 10.2. The quantitative estimate of drug-likeness (QED) is 0.734. The van der Waals surface area contributed by atoms with E-state index in [9.17, 15) is 0 Å². The van der Waals surface area contributed by atoms with E-state index in [-0.39, 0.29) is 0 Å². The number of aromatic nitrogens is 1. The predicted molar refractivity (Wildman–Crippen MR) is 77.4 cm³/mol. The number of nitrogens with zero attached hydrogens (tertiary/aromatic N) is 2. The third-order valence-corrected chi connectivity index (χ3v) is 3.97. The average molecular weight is 271 g/mol. The van der Waals surface area contributed by atoms with Gasteiger partial charge in [0.2, 0.25) is 0 Å². The molecule has 0 saturated carbocycles. The van der Waals surface area contributed by atoms with Crippen LogP contribution in [0.3, 0.4) is 0 Å². The molecule has 1 rings (SSSR count). The Balaban J connectivity index is 2.17. The maximum atomic E-state index is 5.55. The SMILES string of the molecule is Cc1nc(C)c(C(C)NCCOCCN(C)C)s1. The second-order valence-electron chi connectivity index (χ2n) is 4.77. The highest BCUT2D eigenvalue weighted by Gasteiger charge is 2.11. The van der Waals surface area contributed by atoms with Crippen LogP contribution < -0.4 is 5.32 Å². The van der Waals surface area contributed by atoms with E-state index in [2.05, 4.69) is 50.1 Å². The maximum Gasteiger partial charge on any atom is 0.0900 e. The van der Waals surface area contributed by atoms with E-state index < -0.39 is 0 Å². The van der Waals surface area contributed by atoms with Crippen LogP contribution in [0.1, 0.15) is 28.5 Å². The minimum absolute atomic E-state index is 0.355.